The Bertz CT molecular complexity index is 1360. The summed E-state index contributed by atoms with van der Waals surface area (Å²) in [5.74, 6) is 1.18. The van der Waals surface area contributed by atoms with Crippen molar-refractivity contribution in [3.63, 3.8) is 0 Å². The van der Waals surface area contributed by atoms with Gasteiger partial charge in [-0.15, -0.1) is 0 Å². The first-order valence-corrected chi connectivity index (χ1v) is 14.1. The molecule has 0 unspecified atom stereocenters. The molecule has 0 bridgehead atoms. The lowest BCUT2D eigenvalue weighted by molar-refractivity contribution is -0.00000988. The third kappa shape index (κ3) is 7.82. The number of amidine groups is 2. The van der Waals surface area contributed by atoms with Crippen molar-refractivity contribution in [3.05, 3.63) is 89.0 Å². The number of aliphatic imine (C=N–C) groups is 2. The molecule has 0 radical (unpaired) electrons. The summed E-state index contributed by atoms with van der Waals surface area (Å²) in [5.41, 5.74) is 19.6. The fourth-order valence-electron chi connectivity index (χ4n) is 4.44. The van der Waals surface area contributed by atoms with Gasteiger partial charge in [-0.2, -0.15) is 0 Å². The number of hydrogen-bond acceptors (Lipinski definition) is 9. The summed E-state index contributed by atoms with van der Waals surface area (Å²) < 4.78 is 28.1. The Morgan fingerprint density at radius 3 is 1.92 bits per heavy atom. The minimum atomic E-state index is -0.596. The molecule has 208 valence electrons. The van der Waals surface area contributed by atoms with E-state index in [9.17, 15) is 8.78 Å². The molecule has 0 fully saturated rings. The fraction of sp³-hybridized carbons (Fsp3) is 0.333. The first kappa shape index (κ1) is 31.1. The van der Waals surface area contributed by atoms with Crippen LogP contribution in [0.25, 0.3) is 0 Å². The van der Waals surface area contributed by atoms with E-state index in [1.54, 1.807) is 24.4 Å². The Kier molecular flexibility index (Phi) is 10.6. The van der Waals surface area contributed by atoms with E-state index in [1.165, 1.54) is 42.0 Å². The van der Waals surface area contributed by atoms with Crippen LogP contribution in [0.2, 0.25) is 0 Å². The zero-order valence-corrected chi connectivity index (χ0v) is 25.5. The van der Waals surface area contributed by atoms with E-state index in [0.29, 0.717) is 33.6 Å². The first-order chi connectivity index (χ1) is 18.1. The molecule has 2 aliphatic heterocycles. The van der Waals surface area contributed by atoms with Gasteiger partial charge in [0.05, 0.1) is 11.1 Å². The van der Waals surface area contributed by atoms with Gasteiger partial charge in [0.2, 0.25) is 0 Å². The predicted octanol–water partition coefficient (Wildman–Crippen LogP) is 1.95. The van der Waals surface area contributed by atoms with Crippen LogP contribution in [0.1, 0.15) is 49.1 Å². The van der Waals surface area contributed by atoms with Crippen LogP contribution in [-0.4, -0.2) is 31.8 Å². The number of hydrogen-bond donors (Lipinski definition) is 3. The second-order valence-electron chi connectivity index (χ2n) is 9.58. The van der Waals surface area contributed by atoms with Crippen molar-refractivity contribution >= 4 is 39.5 Å². The lowest BCUT2D eigenvalue weighted by Gasteiger charge is -2.30. The molecule has 2 atom stereocenters. The summed E-state index contributed by atoms with van der Waals surface area (Å²) in [5, 5.41) is 1.03. The van der Waals surface area contributed by atoms with Crippen LogP contribution < -0.4 is 41.2 Å². The monoisotopic (exact) mass is 682 g/mol. The molecule has 7 nitrogen and oxygen atoms in total. The van der Waals surface area contributed by atoms with Gasteiger partial charge in [0.15, 0.2) is 10.3 Å². The van der Waals surface area contributed by atoms with E-state index in [4.69, 9.17) is 17.2 Å². The topological polar surface area (TPSA) is 129 Å². The van der Waals surface area contributed by atoms with Crippen LogP contribution in [-0.2, 0) is 17.5 Å². The Morgan fingerprint density at radius 2 is 1.38 bits per heavy atom. The molecule has 0 spiro atoms. The largest absolute Gasteiger partial charge is 1.00 e. The standard InChI is InChI=1S/C16H17FN4S.C11H14FN3S.HI/c1-16(5-7-22-15(18)21-16)13-9-11(2-3-14(13)17)8-12-4-6-19-10-20-12;1-11(4-5-16-10(14)15-11)8-6-7(13)2-3-9(8)12;/h2-4,6,9-10H,5,7-8H2,1H3,(H2,18,21);2-3,6H,4-5,13H2,1H3,(H2,14,15);1H/p-1/t16-;11-;/m00./s1. The summed E-state index contributed by atoms with van der Waals surface area (Å²) in [6.45, 7) is 3.82. The highest BCUT2D eigenvalue weighted by molar-refractivity contribution is 8.14. The molecule has 3 aromatic rings. The molecule has 2 aliphatic rings. The number of nitrogens with zero attached hydrogens (tertiary/aromatic N) is 4. The molecule has 3 heterocycles. The summed E-state index contributed by atoms with van der Waals surface area (Å²) in [6.07, 6.45) is 5.40. The number of anilines is 1. The number of aromatic nitrogens is 2. The van der Waals surface area contributed by atoms with Crippen molar-refractivity contribution in [3.8, 4) is 0 Å². The van der Waals surface area contributed by atoms with E-state index < -0.39 is 11.1 Å². The van der Waals surface area contributed by atoms with Gasteiger partial charge >= 0.3 is 0 Å². The molecule has 12 heteroatoms. The minimum Gasteiger partial charge on any atom is -1.00 e. The van der Waals surface area contributed by atoms with Gasteiger partial charge < -0.3 is 41.2 Å². The van der Waals surface area contributed by atoms with E-state index in [1.807, 2.05) is 26.0 Å². The molecule has 6 N–H and O–H groups in total. The molecule has 0 aliphatic carbocycles. The number of benzene rings is 2. The van der Waals surface area contributed by atoms with Crippen molar-refractivity contribution in [2.24, 2.45) is 21.5 Å². The Hall–Kier alpha value is -2.45. The highest BCUT2D eigenvalue weighted by Gasteiger charge is 2.33. The molecule has 0 saturated carbocycles. The van der Waals surface area contributed by atoms with Gasteiger partial charge in [0.1, 0.15) is 18.0 Å². The molecule has 0 saturated heterocycles. The maximum atomic E-state index is 14.3. The van der Waals surface area contributed by atoms with Gasteiger partial charge in [-0.05, 0) is 62.6 Å². The van der Waals surface area contributed by atoms with Crippen LogP contribution in [0.3, 0.4) is 0 Å². The maximum absolute atomic E-state index is 14.3. The average molecular weight is 683 g/mol. The van der Waals surface area contributed by atoms with E-state index >= 15 is 0 Å². The summed E-state index contributed by atoms with van der Waals surface area (Å²) in [4.78, 5) is 17.0. The second kappa shape index (κ2) is 13.3. The molecular formula is C27H31F2IN7S2-. The molecule has 1 aromatic heterocycles. The van der Waals surface area contributed by atoms with Crippen molar-refractivity contribution in [1.82, 2.24) is 9.97 Å². The second-order valence-corrected chi connectivity index (χ2v) is 11.8. The maximum Gasteiger partial charge on any atom is 0.154 e. The average Bonchev–Trinajstić information content (AvgIpc) is 2.87. The lowest BCUT2D eigenvalue weighted by atomic mass is 9.87. The number of thioether (sulfide) groups is 2. The minimum absolute atomic E-state index is 0. The van der Waals surface area contributed by atoms with Gasteiger partial charge in [-0.25, -0.2) is 18.7 Å². The van der Waals surface area contributed by atoms with Crippen LogP contribution in [0, 0.1) is 11.6 Å². The van der Waals surface area contributed by atoms with Crippen LogP contribution in [0.5, 0.6) is 0 Å². The van der Waals surface area contributed by atoms with Crippen LogP contribution in [0.4, 0.5) is 14.5 Å². The summed E-state index contributed by atoms with van der Waals surface area (Å²) >= 11 is 3.02. The third-order valence-corrected chi connectivity index (χ3v) is 8.19. The normalized spacial score (nSPS) is 22.5. The summed E-state index contributed by atoms with van der Waals surface area (Å²) in [6, 6.07) is 11.6. The van der Waals surface area contributed by atoms with Gasteiger partial charge in [0, 0.05) is 46.6 Å². The fourth-order valence-corrected chi connectivity index (χ4v) is 6.39. The molecule has 2 aromatic carbocycles. The third-order valence-electron chi connectivity index (χ3n) is 6.60. The predicted molar refractivity (Wildman–Crippen MR) is 154 cm³/mol. The molecular weight excluding hydrogens is 651 g/mol. The summed E-state index contributed by atoms with van der Waals surface area (Å²) in [7, 11) is 0. The van der Waals surface area contributed by atoms with Crippen molar-refractivity contribution < 1.29 is 32.8 Å². The van der Waals surface area contributed by atoms with Crippen molar-refractivity contribution in [2.45, 2.75) is 44.2 Å². The number of nitrogens with two attached hydrogens (primary N) is 3. The Morgan fingerprint density at radius 1 is 0.821 bits per heavy atom. The van der Waals surface area contributed by atoms with E-state index in [2.05, 4.69) is 20.0 Å². The molecule has 39 heavy (non-hydrogen) atoms. The highest BCUT2D eigenvalue weighted by Crippen LogP contribution is 2.38. The zero-order chi connectivity index (χ0) is 27.3. The Balaban J connectivity index is 0.000000220. The number of rotatable bonds is 4. The van der Waals surface area contributed by atoms with Gasteiger partial charge in [-0.3, -0.25) is 9.98 Å². The number of halogens is 3. The molecule has 0 amide bonds. The van der Waals surface area contributed by atoms with Gasteiger partial charge in [0.25, 0.3) is 0 Å². The van der Waals surface area contributed by atoms with Gasteiger partial charge in [-0.1, -0.05) is 35.7 Å². The quantitative estimate of drug-likeness (QED) is 0.284. The lowest BCUT2D eigenvalue weighted by Crippen LogP contribution is -3.00. The Labute approximate surface area is 253 Å². The SMILES string of the molecule is C[C@@]1(c2cc(Cc3ccncn3)ccc2F)CCSC(N)=N1.C[C@@]1(c2cc(N)ccc2F)CCSC(N)=N1.[I-]. The van der Waals surface area contributed by atoms with Crippen LogP contribution in [0.15, 0.2) is 65.0 Å². The molecule has 5 rings (SSSR count). The van der Waals surface area contributed by atoms with Crippen molar-refractivity contribution in [2.75, 3.05) is 17.2 Å². The number of nitrogen functional groups attached to an aromatic ring is 1. The first-order valence-electron chi connectivity index (χ1n) is 12.1. The van der Waals surface area contributed by atoms with Crippen molar-refractivity contribution in [1.29, 1.82) is 0 Å². The highest BCUT2D eigenvalue weighted by atomic mass is 127. The van der Waals surface area contributed by atoms with E-state index in [0.717, 1.165) is 35.6 Å². The van der Waals surface area contributed by atoms with E-state index in [-0.39, 0.29) is 35.6 Å². The zero-order valence-electron chi connectivity index (χ0n) is 21.7. The van der Waals surface area contributed by atoms with Crippen LogP contribution >= 0.6 is 23.5 Å². The smallest absolute Gasteiger partial charge is 0.154 e.